The largest absolute Gasteiger partial charge is 0.350 e. The molecule has 0 heterocycles. The van der Waals surface area contributed by atoms with Gasteiger partial charge < -0.3 is 10.6 Å². The van der Waals surface area contributed by atoms with Crippen LogP contribution < -0.4 is 10.6 Å². The molecule has 0 saturated heterocycles. The van der Waals surface area contributed by atoms with Gasteiger partial charge in [-0.05, 0) is 36.2 Å². The first-order valence-electron chi connectivity index (χ1n) is 8.50. The molecule has 0 saturated carbocycles. The molecule has 138 valence electrons. The summed E-state index contributed by atoms with van der Waals surface area (Å²) >= 11 is 5.83. The van der Waals surface area contributed by atoms with Crippen molar-refractivity contribution in [2.45, 2.75) is 32.9 Å². The SMILES string of the molecule is CC[C@H](C)[C@H](NC(=O)c1ccc(Cl)cc1)C(=O)NCc1ccccc1F. The molecule has 0 aliphatic rings. The maximum absolute atomic E-state index is 13.7. The van der Waals surface area contributed by atoms with Crippen molar-refractivity contribution in [1.82, 2.24) is 10.6 Å². The van der Waals surface area contributed by atoms with E-state index in [0.717, 1.165) is 0 Å². The van der Waals surface area contributed by atoms with Crippen molar-refractivity contribution in [2.75, 3.05) is 0 Å². The zero-order valence-electron chi connectivity index (χ0n) is 14.8. The molecule has 0 spiro atoms. The number of carbonyl (C=O) groups is 2. The summed E-state index contributed by atoms with van der Waals surface area (Å²) in [6.45, 7) is 3.89. The Morgan fingerprint density at radius 3 is 2.38 bits per heavy atom. The maximum Gasteiger partial charge on any atom is 0.251 e. The quantitative estimate of drug-likeness (QED) is 0.769. The van der Waals surface area contributed by atoms with Crippen LogP contribution in [0.1, 0.15) is 36.2 Å². The lowest BCUT2D eigenvalue weighted by atomic mass is 9.97. The van der Waals surface area contributed by atoms with Crippen LogP contribution in [-0.4, -0.2) is 17.9 Å². The topological polar surface area (TPSA) is 58.2 Å². The van der Waals surface area contributed by atoms with E-state index in [1.165, 1.54) is 6.07 Å². The van der Waals surface area contributed by atoms with E-state index in [1.807, 2.05) is 13.8 Å². The number of hydrogen-bond donors (Lipinski definition) is 2. The molecule has 0 radical (unpaired) electrons. The summed E-state index contributed by atoms with van der Waals surface area (Å²) in [4.78, 5) is 25.0. The van der Waals surface area contributed by atoms with Gasteiger partial charge in [0.25, 0.3) is 5.91 Å². The predicted molar refractivity (Wildman–Crippen MR) is 100 cm³/mol. The summed E-state index contributed by atoms with van der Waals surface area (Å²) in [6.07, 6.45) is 0.707. The van der Waals surface area contributed by atoms with Gasteiger partial charge in [0.05, 0.1) is 0 Å². The second-order valence-electron chi connectivity index (χ2n) is 6.15. The van der Waals surface area contributed by atoms with Gasteiger partial charge >= 0.3 is 0 Å². The first kappa shape index (κ1) is 19.9. The lowest BCUT2D eigenvalue weighted by Crippen LogP contribution is -2.50. The molecule has 2 rings (SSSR count). The average Bonchev–Trinajstić information content (AvgIpc) is 2.65. The van der Waals surface area contributed by atoms with Crippen LogP contribution in [-0.2, 0) is 11.3 Å². The molecule has 2 atom stereocenters. The van der Waals surface area contributed by atoms with Crippen molar-refractivity contribution in [3.05, 3.63) is 70.5 Å². The molecule has 0 aromatic heterocycles. The highest BCUT2D eigenvalue weighted by atomic mass is 35.5. The number of amides is 2. The highest BCUT2D eigenvalue weighted by molar-refractivity contribution is 6.30. The summed E-state index contributed by atoms with van der Waals surface area (Å²) in [7, 11) is 0. The second kappa shape index (κ2) is 9.34. The van der Waals surface area contributed by atoms with Gasteiger partial charge in [0.15, 0.2) is 0 Å². The monoisotopic (exact) mass is 376 g/mol. The van der Waals surface area contributed by atoms with E-state index in [9.17, 15) is 14.0 Å². The van der Waals surface area contributed by atoms with Gasteiger partial charge in [-0.1, -0.05) is 50.1 Å². The molecular weight excluding hydrogens is 355 g/mol. The van der Waals surface area contributed by atoms with Gasteiger partial charge in [0.2, 0.25) is 5.91 Å². The van der Waals surface area contributed by atoms with Crippen LogP contribution >= 0.6 is 11.6 Å². The Hall–Kier alpha value is -2.40. The van der Waals surface area contributed by atoms with Crippen molar-refractivity contribution < 1.29 is 14.0 Å². The number of carbonyl (C=O) groups excluding carboxylic acids is 2. The van der Waals surface area contributed by atoms with Crippen LogP contribution in [0.4, 0.5) is 4.39 Å². The molecule has 26 heavy (non-hydrogen) atoms. The van der Waals surface area contributed by atoms with Crippen molar-refractivity contribution in [3.63, 3.8) is 0 Å². The molecule has 0 fully saturated rings. The Morgan fingerprint density at radius 2 is 1.77 bits per heavy atom. The van der Waals surface area contributed by atoms with E-state index in [1.54, 1.807) is 42.5 Å². The zero-order valence-corrected chi connectivity index (χ0v) is 15.5. The van der Waals surface area contributed by atoms with Crippen molar-refractivity contribution in [1.29, 1.82) is 0 Å². The molecule has 0 unspecified atom stereocenters. The molecular formula is C20H22ClFN2O2. The van der Waals surface area contributed by atoms with Crippen LogP contribution in [0.2, 0.25) is 5.02 Å². The van der Waals surface area contributed by atoms with Crippen LogP contribution in [0.15, 0.2) is 48.5 Å². The van der Waals surface area contributed by atoms with Crippen molar-refractivity contribution in [3.8, 4) is 0 Å². The van der Waals surface area contributed by atoms with Gasteiger partial charge in [0.1, 0.15) is 11.9 Å². The van der Waals surface area contributed by atoms with Crippen LogP contribution in [0.25, 0.3) is 0 Å². The zero-order chi connectivity index (χ0) is 19.1. The van der Waals surface area contributed by atoms with Gasteiger partial charge in [-0.3, -0.25) is 9.59 Å². The standard InChI is InChI=1S/C20H22ClFN2O2/c1-3-13(2)18(24-19(25)14-8-10-16(21)11-9-14)20(26)23-12-15-6-4-5-7-17(15)22/h4-11,13,18H,3,12H2,1-2H3,(H,23,26)(H,24,25)/t13-,18-/m0/s1. The van der Waals surface area contributed by atoms with Gasteiger partial charge in [0, 0.05) is 22.7 Å². The predicted octanol–water partition coefficient (Wildman–Crippen LogP) is 3.94. The summed E-state index contributed by atoms with van der Waals surface area (Å²) in [5.41, 5.74) is 0.817. The fraction of sp³-hybridized carbons (Fsp3) is 0.300. The van der Waals surface area contributed by atoms with E-state index in [0.29, 0.717) is 22.6 Å². The molecule has 6 heteroatoms. The van der Waals surface area contributed by atoms with Crippen LogP contribution in [0, 0.1) is 11.7 Å². The lowest BCUT2D eigenvalue weighted by Gasteiger charge is -2.23. The minimum Gasteiger partial charge on any atom is -0.350 e. The average molecular weight is 377 g/mol. The molecule has 0 aliphatic carbocycles. The van der Waals surface area contributed by atoms with Crippen LogP contribution in [0.3, 0.4) is 0 Å². The summed E-state index contributed by atoms with van der Waals surface area (Å²) in [5, 5.41) is 6.00. The van der Waals surface area contributed by atoms with E-state index >= 15 is 0 Å². The third kappa shape index (κ3) is 5.30. The lowest BCUT2D eigenvalue weighted by molar-refractivity contribution is -0.124. The summed E-state index contributed by atoms with van der Waals surface area (Å²) < 4.78 is 13.7. The van der Waals surface area contributed by atoms with E-state index in [2.05, 4.69) is 10.6 Å². The molecule has 0 aliphatic heterocycles. The Bertz CT molecular complexity index is 765. The van der Waals surface area contributed by atoms with Gasteiger partial charge in [-0.2, -0.15) is 0 Å². The van der Waals surface area contributed by atoms with Gasteiger partial charge in [-0.15, -0.1) is 0 Å². The minimum atomic E-state index is -0.713. The number of nitrogens with one attached hydrogen (secondary N) is 2. The van der Waals surface area contributed by atoms with Gasteiger partial charge in [-0.25, -0.2) is 4.39 Å². The first-order chi connectivity index (χ1) is 12.4. The fourth-order valence-corrected chi connectivity index (χ4v) is 2.59. The van der Waals surface area contributed by atoms with Crippen LogP contribution in [0.5, 0.6) is 0 Å². The smallest absolute Gasteiger partial charge is 0.251 e. The highest BCUT2D eigenvalue weighted by Gasteiger charge is 2.26. The summed E-state index contributed by atoms with van der Waals surface area (Å²) in [5.74, 6) is -1.15. The Labute approximate surface area is 157 Å². The molecule has 2 aromatic rings. The normalized spacial score (nSPS) is 12.9. The Morgan fingerprint density at radius 1 is 1.12 bits per heavy atom. The first-order valence-corrected chi connectivity index (χ1v) is 8.87. The molecule has 4 nitrogen and oxygen atoms in total. The van der Waals surface area contributed by atoms with Crippen molar-refractivity contribution >= 4 is 23.4 Å². The molecule has 2 aromatic carbocycles. The number of rotatable bonds is 7. The molecule has 2 N–H and O–H groups in total. The van der Waals surface area contributed by atoms with Crippen molar-refractivity contribution in [2.24, 2.45) is 5.92 Å². The van der Waals surface area contributed by atoms with E-state index in [-0.39, 0.29) is 30.1 Å². The summed E-state index contributed by atoms with van der Waals surface area (Å²) in [6, 6.07) is 12.0. The third-order valence-electron chi connectivity index (χ3n) is 4.30. The molecule has 2 amide bonds. The number of hydrogen-bond acceptors (Lipinski definition) is 2. The highest BCUT2D eigenvalue weighted by Crippen LogP contribution is 2.13. The Balaban J connectivity index is 2.06. The number of benzene rings is 2. The maximum atomic E-state index is 13.7. The van der Waals surface area contributed by atoms with E-state index in [4.69, 9.17) is 11.6 Å². The minimum absolute atomic E-state index is 0.0647. The Kier molecular flexibility index (Phi) is 7.16. The fourth-order valence-electron chi connectivity index (χ4n) is 2.46. The van der Waals surface area contributed by atoms with E-state index < -0.39 is 6.04 Å². The number of halogens is 2. The third-order valence-corrected chi connectivity index (χ3v) is 4.55. The molecule has 0 bridgehead atoms. The second-order valence-corrected chi connectivity index (χ2v) is 6.59.